The minimum Gasteiger partial charge on any atom is -0.457 e. The van der Waals surface area contributed by atoms with Gasteiger partial charge in [-0.3, -0.25) is 9.59 Å². The van der Waals surface area contributed by atoms with Crippen molar-refractivity contribution in [1.29, 1.82) is 5.26 Å². The molecule has 4 aliphatic rings. The normalized spacial score (nSPS) is 36.5. The van der Waals surface area contributed by atoms with Gasteiger partial charge in [0.2, 0.25) is 5.78 Å². The minimum atomic E-state index is -0.513. The van der Waals surface area contributed by atoms with Crippen LogP contribution in [0, 0.1) is 34.5 Å². The van der Waals surface area contributed by atoms with Crippen molar-refractivity contribution in [2.75, 3.05) is 6.61 Å². The third-order valence-corrected chi connectivity index (χ3v) is 5.59. The average molecular weight is 302 g/mol. The van der Waals surface area contributed by atoms with Crippen LogP contribution in [-0.2, 0) is 14.3 Å². The van der Waals surface area contributed by atoms with Gasteiger partial charge in [-0.2, -0.15) is 5.26 Å². The van der Waals surface area contributed by atoms with Crippen LogP contribution >= 0.6 is 0 Å². The van der Waals surface area contributed by atoms with Crippen molar-refractivity contribution in [3.63, 3.8) is 0 Å². The van der Waals surface area contributed by atoms with E-state index in [9.17, 15) is 9.59 Å². The third kappa shape index (κ3) is 2.51. The Morgan fingerprint density at radius 1 is 1.18 bits per heavy atom. The number of nitriles is 1. The van der Waals surface area contributed by atoms with Crippen molar-refractivity contribution in [2.24, 2.45) is 28.9 Å². The van der Waals surface area contributed by atoms with E-state index in [4.69, 9.17) is 15.7 Å². The Morgan fingerprint density at radius 3 is 2.09 bits per heavy atom. The number of carbonyl (C=O) groups excluding carboxylic acids is 2. The number of hydrogen-bond donors (Lipinski definition) is 1. The van der Waals surface area contributed by atoms with Gasteiger partial charge >= 0.3 is 5.97 Å². The molecule has 0 amide bonds. The summed E-state index contributed by atoms with van der Waals surface area (Å²) in [7, 11) is 0. The van der Waals surface area contributed by atoms with Crippen molar-refractivity contribution < 1.29 is 14.3 Å². The number of Topliss-reactive ketones (excluding diaryl/α,β-unsaturated/α-hetero) is 1. The van der Waals surface area contributed by atoms with Gasteiger partial charge in [-0.15, -0.1) is 0 Å². The lowest BCUT2D eigenvalue weighted by molar-refractivity contribution is -0.172. The Morgan fingerprint density at radius 2 is 1.68 bits per heavy atom. The Balaban J connectivity index is 1.65. The quantitative estimate of drug-likeness (QED) is 0.487. The highest BCUT2D eigenvalue weighted by molar-refractivity contribution is 6.01. The highest BCUT2D eigenvalue weighted by Gasteiger charge is 2.55. The maximum atomic E-state index is 12.6. The number of ether oxygens (including phenoxy) is 1. The number of ketones is 1. The van der Waals surface area contributed by atoms with Gasteiger partial charge in [-0.1, -0.05) is 0 Å². The predicted molar refractivity (Wildman–Crippen MR) is 79.1 cm³/mol. The van der Waals surface area contributed by atoms with E-state index in [1.807, 2.05) is 0 Å². The number of rotatable bonds is 4. The van der Waals surface area contributed by atoms with Crippen molar-refractivity contribution >= 4 is 11.8 Å². The summed E-state index contributed by atoms with van der Waals surface area (Å²) < 4.78 is 5.29. The van der Waals surface area contributed by atoms with Crippen molar-refractivity contribution in [2.45, 2.75) is 45.4 Å². The molecule has 4 bridgehead atoms. The Labute approximate surface area is 130 Å². The number of allylic oxidation sites excluding steroid dienone is 1. The number of nitrogens with two attached hydrogens (primary N) is 1. The van der Waals surface area contributed by atoms with Crippen LogP contribution in [0.4, 0.5) is 0 Å². The first-order valence-electron chi connectivity index (χ1n) is 8.00. The van der Waals surface area contributed by atoms with Gasteiger partial charge in [-0.05, 0) is 63.2 Å². The van der Waals surface area contributed by atoms with Crippen LogP contribution in [0.1, 0.15) is 45.4 Å². The van der Waals surface area contributed by atoms with Crippen molar-refractivity contribution in [1.82, 2.24) is 0 Å². The first kappa shape index (κ1) is 15.1. The van der Waals surface area contributed by atoms with Crippen LogP contribution in [0.25, 0.3) is 0 Å². The Hall–Kier alpha value is -1.83. The van der Waals surface area contributed by atoms with E-state index >= 15 is 0 Å². The number of esters is 1. The highest BCUT2D eigenvalue weighted by atomic mass is 16.5. The van der Waals surface area contributed by atoms with Crippen LogP contribution in [0.5, 0.6) is 0 Å². The van der Waals surface area contributed by atoms with Crippen LogP contribution in [0.15, 0.2) is 11.3 Å². The molecule has 0 aromatic rings. The fraction of sp³-hybridized carbons (Fsp3) is 0.706. The summed E-state index contributed by atoms with van der Waals surface area (Å²) in [6, 6.07) is 1.77. The van der Waals surface area contributed by atoms with E-state index in [-0.39, 0.29) is 29.3 Å². The lowest BCUT2D eigenvalue weighted by atomic mass is 9.49. The second kappa shape index (κ2) is 5.42. The number of hydrogen-bond acceptors (Lipinski definition) is 5. The molecule has 0 aromatic heterocycles. The molecule has 5 nitrogen and oxygen atoms in total. The summed E-state index contributed by atoms with van der Waals surface area (Å²) in [6.07, 6.45) is 6.46. The molecule has 0 heterocycles. The lowest BCUT2D eigenvalue weighted by Crippen LogP contribution is -2.50. The highest BCUT2D eigenvalue weighted by Crippen LogP contribution is 2.60. The zero-order chi connectivity index (χ0) is 15.9. The number of carbonyl (C=O) groups is 2. The molecule has 4 aliphatic carbocycles. The van der Waals surface area contributed by atoms with E-state index in [0.29, 0.717) is 17.8 Å². The van der Waals surface area contributed by atoms with Gasteiger partial charge in [0, 0.05) is 5.70 Å². The zero-order valence-corrected chi connectivity index (χ0v) is 12.9. The SMILES string of the molecule is C/C(N)=C(/C#N)C(=O)COC(=O)C12CC3CC(CC(C3)C1)C2. The summed E-state index contributed by atoms with van der Waals surface area (Å²) in [4.78, 5) is 24.5. The molecule has 0 radical (unpaired) electrons. The molecule has 0 aromatic carbocycles. The monoisotopic (exact) mass is 302 g/mol. The van der Waals surface area contributed by atoms with E-state index in [1.165, 1.54) is 26.2 Å². The van der Waals surface area contributed by atoms with E-state index in [1.54, 1.807) is 6.07 Å². The van der Waals surface area contributed by atoms with Crippen LogP contribution in [0.2, 0.25) is 0 Å². The van der Waals surface area contributed by atoms with E-state index in [0.717, 1.165) is 19.3 Å². The standard InChI is InChI=1S/C17H22N2O3/c1-10(19)14(8-18)15(20)9-22-16(21)17-5-11-2-12(6-17)4-13(3-11)7-17/h11-13H,2-7,9,19H2,1H3/b14-10+. The van der Waals surface area contributed by atoms with Gasteiger partial charge in [0.05, 0.1) is 5.41 Å². The van der Waals surface area contributed by atoms with E-state index < -0.39 is 5.78 Å². The fourth-order valence-electron chi connectivity index (χ4n) is 5.09. The Kier molecular flexibility index (Phi) is 3.72. The summed E-state index contributed by atoms with van der Waals surface area (Å²) in [5, 5.41) is 8.91. The molecule has 5 heteroatoms. The zero-order valence-electron chi connectivity index (χ0n) is 12.9. The largest absolute Gasteiger partial charge is 0.457 e. The van der Waals surface area contributed by atoms with Gasteiger partial charge in [0.15, 0.2) is 6.61 Å². The number of nitrogens with zero attached hydrogens (tertiary/aromatic N) is 1. The van der Waals surface area contributed by atoms with Gasteiger partial charge in [-0.25, -0.2) is 0 Å². The third-order valence-electron chi connectivity index (χ3n) is 5.59. The van der Waals surface area contributed by atoms with Crippen molar-refractivity contribution in [3.8, 4) is 6.07 Å². The van der Waals surface area contributed by atoms with Crippen LogP contribution in [0.3, 0.4) is 0 Å². The summed E-state index contributed by atoms with van der Waals surface area (Å²) >= 11 is 0. The molecule has 0 spiro atoms. The Bertz CT molecular complexity index is 546. The molecule has 0 saturated heterocycles. The molecular formula is C17H22N2O3. The molecular weight excluding hydrogens is 280 g/mol. The van der Waals surface area contributed by atoms with Crippen LogP contribution < -0.4 is 5.73 Å². The topological polar surface area (TPSA) is 93.2 Å². The second-order valence-electron chi connectivity index (χ2n) is 7.37. The summed E-state index contributed by atoms with van der Waals surface area (Å²) in [5.41, 5.74) is 5.18. The molecule has 0 atom stereocenters. The molecule has 4 saturated carbocycles. The van der Waals surface area contributed by atoms with Crippen LogP contribution in [-0.4, -0.2) is 18.4 Å². The molecule has 0 aliphatic heterocycles. The fourth-order valence-corrected chi connectivity index (χ4v) is 5.09. The van der Waals surface area contributed by atoms with Gasteiger partial charge in [0.1, 0.15) is 11.6 Å². The molecule has 0 unspecified atom stereocenters. The predicted octanol–water partition coefficient (Wildman–Crippen LogP) is 2.07. The lowest BCUT2D eigenvalue weighted by Gasteiger charge is -2.55. The smallest absolute Gasteiger partial charge is 0.312 e. The van der Waals surface area contributed by atoms with Gasteiger partial charge < -0.3 is 10.5 Å². The average Bonchev–Trinajstić information content (AvgIpc) is 2.43. The van der Waals surface area contributed by atoms with Gasteiger partial charge in [0.25, 0.3) is 0 Å². The first-order chi connectivity index (χ1) is 10.4. The summed E-state index contributed by atoms with van der Waals surface area (Å²) in [5.74, 6) is 1.19. The molecule has 2 N–H and O–H groups in total. The second-order valence-corrected chi connectivity index (χ2v) is 7.37. The maximum Gasteiger partial charge on any atom is 0.312 e. The maximum absolute atomic E-state index is 12.6. The molecule has 4 fully saturated rings. The molecule has 118 valence electrons. The summed E-state index contributed by atoms with van der Waals surface area (Å²) in [6.45, 7) is 1.12. The molecule has 4 rings (SSSR count). The van der Waals surface area contributed by atoms with Crippen molar-refractivity contribution in [3.05, 3.63) is 11.3 Å². The minimum absolute atomic E-state index is 0.113. The van der Waals surface area contributed by atoms with E-state index in [2.05, 4.69) is 0 Å². The molecule has 22 heavy (non-hydrogen) atoms. The first-order valence-corrected chi connectivity index (χ1v) is 8.00.